The molecule has 3 N–H and O–H groups in total. The molecule has 0 saturated carbocycles. The minimum atomic E-state index is -0.613. The van der Waals surface area contributed by atoms with Crippen LogP contribution in [-0.4, -0.2) is 17.1 Å². The van der Waals surface area contributed by atoms with Crippen LogP contribution in [0.3, 0.4) is 0 Å². The van der Waals surface area contributed by atoms with Gasteiger partial charge in [0.2, 0.25) is 5.91 Å². The molecule has 0 radical (unpaired) electrons. The summed E-state index contributed by atoms with van der Waals surface area (Å²) in [4.78, 5) is 11.9. The average Bonchev–Trinajstić information content (AvgIpc) is 2.57. The van der Waals surface area contributed by atoms with Crippen LogP contribution in [0, 0.1) is 5.92 Å². The second kappa shape index (κ2) is 8.50. The molecule has 0 heterocycles. The van der Waals surface area contributed by atoms with Crippen LogP contribution < -0.4 is 10.6 Å². The molecular weight excluding hydrogens is 300 g/mol. The van der Waals surface area contributed by atoms with Gasteiger partial charge in [-0.3, -0.25) is 4.79 Å². The Kier molecular flexibility index (Phi) is 6.38. The predicted molar refractivity (Wildman–Crippen MR) is 99.0 cm³/mol. The molecule has 0 aromatic heterocycles. The standard InChI is InChI=1S/C20H26N2O2/c1-14(2)19(23)13-20(24)22-18-11-9-17(10-12-18)21-15(3)16-7-5-4-6-8-16/h4-12,14-15,19,21,23H,13H2,1-3H3,(H,22,24). The van der Waals surface area contributed by atoms with Crippen molar-refractivity contribution < 1.29 is 9.90 Å². The third-order valence-corrected chi connectivity index (χ3v) is 4.02. The third-order valence-electron chi connectivity index (χ3n) is 4.02. The average molecular weight is 326 g/mol. The van der Waals surface area contributed by atoms with Crippen molar-refractivity contribution in [3.63, 3.8) is 0 Å². The maximum atomic E-state index is 11.9. The summed E-state index contributed by atoms with van der Waals surface area (Å²) in [5, 5.41) is 16.0. The molecular formula is C20H26N2O2. The first-order chi connectivity index (χ1) is 11.5. The summed E-state index contributed by atoms with van der Waals surface area (Å²) in [6, 6.07) is 18.0. The Labute approximate surface area is 143 Å². The van der Waals surface area contributed by atoms with Crippen molar-refractivity contribution in [3.05, 3.63) is 60.2 Å². The zero-order chi connectivity index (χ0) is 17.5. The number of hydrogen-bond acceptors (Lipinski definition) is 3. The first-order valence-electron chi connectivity index (χ1n) is 8.35. The van der Waals surface area contributed by atoms with E-state index in [4.69, 9.17) is 0 Å². The minimum absolute atomic E-state index is 0.0711. The van der Waals surface area contributed by atoms with Crippen LogP contribution in [0.25, 0.3) is 0 Å². The molecule has 1 amide bonds. The molecule has 24 heavy (non-hydrogen) atoms. The predicted octanol–water partition coefficient (Wildman–Crippen LogP) is 4.21. The smallest absolute Gasteiger partial charge is 0.226 e. The number of amides is 1. The van der Waals surface area contributed by atoms with Crippen molar-refractivity contribution in [1.29, 1.82) is 0 Å². The second-order valence-electron chi connectivity index (χ2n) is 6.42. The Morgan fingerprint density at radius 2 is 1.54 bits per heavy atom. The molecule has 4 heteroatoms. The van der Waals surface area contributed by atoms with Crippen molar-refractivity contribution in [3.8, 4) is 0 Å². The fourth-order valence-corrected chi connectivity index (χ4v) is 2.36. The van der Waals surface area contributed by atoms with Gasteiger partial charge < -0.3 is 15.7 Å². The van der Waals surface area contributed by atoms with Crippen LogP contribution in [0.15, 0.2) is 54.6 Å². The molecule has 0 aliphatic rings. The molecule has 2 rings (SSSR count). The lowest BCUT2D eigenvalue weighted by Gasteiger charge is -2.16. The van der Waals surface area contributed by atoms with Gasteiger partial charge >= 0.3 is 0 Å². The summed E-state index contributed by atoms with van der Waals surface area (Å²) >= 11 is 0. The summed E-state index contributed by atoms with van der Waals surface area (Å²) in [6.07, 6.45) is -0.499. The molecule has 4 nitrogen and oxygen atoms in total. The van der Waals surface area contributed by atoms with Gasteiger partial charge in [-0.1, -0.05) is 44.2 Å². The highest BCUT2D eigenvalue weighted by molar-refractivity contribution is 5.91. The topological polar surface area (TPSA) is 61.4 Å². The molecule has 0 spiro atoms. The monoisotopic (exact) mass is 326 g/mol. The summed E-state index contributed by atoms with van der Waals surface area (Å²) in [7, 11) is 0. The van der Waals surface area contributed by atoms with Crippen LogP contribution >= 0.6 is 0 Å². The Morgan fingerprint density at radius 3 is 2.12 bits per heavy atom. The van der Waals surface area contributed by atoms with Gasteiger partial charge in [0.25, 0.3) is 0 Å². The maximum absolute atomic E-state index is 11.9. The van der Waals surface area contributed by atoms with E-state index < -0.39 is 6.10 Å². The third kappa shape index (κ3) is 5.39. The summed E-state index contributed by atoms with van der Waals surface area (Å²) in [6.45, 7) is 5.90. The molecule has 2 unspecified atom stereocenters. The minimum Gasteiger partial charge on any atom is -0.392 e. The van der Waals surface area contributed by atoms with Crippen LogP contribution in [0.2, 0.25) is 0 Å². The zero-order valence-corrected chi connectivity index (χ0v) is 14.5. The molecule has 2 aromatic carbocycles. The van der Waals surface area contributed by atoms with Crippen LogP contribution in [0.1, 0.15) is 38.8 Å². The summed E-state index contributed by atoms with van der Waals surface area (Å²) in [5.74, 6) is -0.101. The van der Waals surface area contributed by atoms with E-state index in [1.54, 1.807) is 0 Å². The quantitative estimate of drug-likeness (QED) is 0.714. The van der Waals surface area contributed by atoms with Crippen molar-refractivity contribution in [1.82, 2.24) is 0 Å². The van der Waals surface area contributed by atoms with Crippen molar-refractivity contribution >= 4 is 17.3 Å². The highest BCUT2D eigenvalue weighted by Gasteiger charge is 2.14. The van der Waals surface area contributed by atoms with E-state index in [1.165, 1.54) is 5.56 Å². The number of carbonyl (C=O) groups is 1. The number of benzene rings is 2. The van der Waals surface area contributed by atoms with Gasteiger partial charge in [-0.2, -0.15) is 0 Å². The molecule has 0 fully saturated rings. The molecule has 128 valence electrons. The first-order valence-corrected chi connectivity index (χ1v) is 8.35. The Hall–Kier alpha value is -2.33. The van der Waals surface area contributed by atoms with Crippen molar-refractivity contribution in [2.75, 3.05) is 10.6 Å². The molecule has 0 aliphatic heterocycles. The van der Waals surface area contributed by atoms with Crippen molar-refractivity contribution in [2.24, 2.45) is 5.92 Å². The maximum Gasteiger partial charge on any atom is 0.226 e. The Bertz CT molecular complexity index is 638. The number of nitrogens with one attached hydrogen (secondary N) is 2. The van der Waals surface area contributed by atoms with Crippen LogP contribution in [-0.2, 0) is 4.79 Å². The van der Waals surface area contributed by atoms with Crippen LogP contribution in [0.4, 0.5) is 11.4 Å². The zero-order valence-electron chi connectivity index (χ0n) is 14.5. The molecule has 0 bridgehead atoms. The highest BCUT2D eigenvalue weighted by atomic mass is 16.3. The summed E-state index contributed by atoms with van der Waals surface area (Å²) in [5.41, 5.74) is 2.94. The van der Waals surface area contributed by atoms with Gasteiger partial charge in [0.15, 0.2) is 0 Å². The Morgan fingerprint density at radius 1 is 0.958 bits per heavy atom. The lowest BCUT2D eigenvalue weighted by atomic mass is 10.0. The van der Waals surface area contributed by atoms with Crippen molar-refractivity contribution in [2.45, 2.75) is 39.3 Å². The van der Waals surface area contributed by atoms with E-state index in [0.29, 0.717) is 0 Å². The number of anilines is 2. The second-order valence-corrected chi connectivity index (χ2v) is 6.42. The largest absolute Gasteiger partial charge is 0.392 e. The normalized spacial score (nSPS) is 13.4. The fourth-order valence-electron chi connectivity index (χ4n) is 2.36. The van der Waals surface area contributed by atoms with E-state index in [0.717, 1.165) is 11.4 Å². The number of hydrogen-bond donors (Lipinski definition) is 3. The summed E-state index contributed by atoms with van der Waals surface area (Å²) < 4.78 is 0. The fraction of sp³-hybridized carbons (Fsp3) is 0.350. The Balaban J connectivity index is 1.90. The van der Waals surface area contributed by atoms with Gasteiger partial charge in [-0.05, 0) is 42.7 Å². The van der Waals surface area contributed by atoms with E-state index in [9.17, 15) is 9.90 Å². The molecule has 2 atom stereocenters. The number of aliphatic hydroxyl groups excluding tert-OH is 1. The lowest BCUT2D eigenvalue weighted by molar-refractivity contribution is -0.118. The molecule has 0 aliphatic carbocycles. The molecule has 2 aromatic rings. The SMILES string of the molecule is CC(Nc1ccc(NC(=O)CC(O)C(C)C)cc1)c1ccccc1. The number of rotatable bonds is 7. The number of aliphatic hydroxyl groups is 1. The van der Waals surface area contributed by atoms with E-state index in [1.807, 2.05) is 56.3 Å². The first kappa shape index (κ1) is 18.0. The lowest BCUT2D eigenvalue weighted by Crippen LogP contribution is -2.23. The van der Waals surface area contributed by atoms with Gasteiger partial charge in [0, 0.05) is 17.4 Å². The van der Waals surface area contributed by atoms with E-state index in [-0.39, 0.29) is 24.3 Å². The molecule has 0 saturated heterocycles. The van der Waals surface area contributed by atoms with Gasteiger partial charge in [-0.15, -0.1) is 0 Å². The van der Waals surface area contributed by atoms with Gasteiger partial charge in [0.05, 0.1) is 12.5 Å². The van der Waals surface area contributed by atoms with Crippen LogP contribution in [0.5, 0.6) is 0 Å². The van der Waals surface area contributed by atoms with E-state index in [2.05, 4.69) is 29.7 Å². The highest BCUT2D eigenvalue weighted by Crippen LogP contribution is 2.21. The van der Waals surface area contributed by atoms with Gasteiger partial charge in [-0.25, -0.2) is 0 Å². The van der Waals surface area contributed by atoms with Gasteiger partial charge in [0.1, 0.15) is 0 Å². The number of carbonyl (C=O) groups excluding carboxylic acids is 1. The van der Waals surface area contributed by atoms with E-state index >= 15 is 0 Å².